The Labute approximate surface area is 141 Å². The topological polar surface area (TPSA) is 82.4 Å². The second-order valence-electron chi connectivity index (χ2n) is 5.64. The summed E-state index contributed by atoms with van der Waals surface area (Å²) in [5.41, 5.74) is 2.33. The molecule has 1 aromatic carbocycles. The van der Waals surface area contributed by atoms with Gasteiger partial charge < -0.3 is 9.30 Å². The third-order valence-corrected chi connectivity index (χ3v) is 5.02. The van der Waals surface area contributed by atoms with E-state index in [0.717, 1.165) is 17.6 Å². The Bertz CT molecular complexity index is 909. The van der Waals surface area contributed by atoms with Gasteiger partial charge in [-0.05, 0) is 38.1 Å². The van der Waals surface area contributed by atoms with Gasteiger partial charge in [0, 0.05) is 30.3 Å². The minimum Gasteiger partial charge on any atom is -0.454 e. The number of rotatable bonds is 5. The SMILES string of the molecule is Cc1cc(C(=O)COC(=O)c2cccc(S(C)(=O)=O)c2)c(C)n1C. The second kappa shape index (κ2) is 6.60. The van der Waals surface area contributed by atoms with Crippen molar-refractivity contribution >= 4 is 21.6 Å². The number of sulfone groups is 1. The first kappa shape index (κ1) is 17.9. The van der Waals surface area contributed by atoms with Crippen molar-refractivity contribution in [3.8, 4) is 0 Å². The highest BCUT2D eigenvalue weighted by Gasteiger charge is 2.17. The number of nitrogens with zero attached hydrogens (tertiary/aromatic N) is 1. The van der Waals surface area contributed by atoms with Crippen LogP contribution in [-0.2, 0) is 21.6 Å². The highest BCUT2D eigenvalue weighted by molar-refractivity contribution is 7.90. The maximum absolute atomic E-state index is 12.2. The van der Waals surface area contributed by atoms with E-state index in [1.54, 1.807) is 6.07 Å². The molecule has 7 heteroatoms. The lowest BCUT2D eigenvalue weighted by atomic mass is 10.1. The van der Waals surface area contributed by atoms with Gasteiger partial charge >= 0.3 is 5.97 Å². The molecule has 0 amide bonds. The Morgan fingerprint density at radius 3 is 2.38 bits per heavy atom. The number of carbonyl (C=O) groups is 2. The average molecular weight is 349 g/mol. The molecule has 1 aromatic heterocycles. The zero-order valence-electron chi connectivity index (χ0n) is 14.0. The molecule has 0 saturated heterocycles. The highest BCUT2D eigenvalue weighted by Crippen LogP contribution is 2.15. The van der Waals surface area contributed by atoms with Crippen LogP contribution in [0.15, 0.2) is 35.2 Å². The molecule has 0 bridgehead atoms. The molecule has 0 unspecified atom stereocenters. The minimum absolute atomic E-state index is 0.0257. The summed E-state index contributed by atoms with van der Waals surface area (Å²) in [6.45, 7) is 3.30. The lowest BCUT2D eigenvalue weighted by Gasteiger charge is -2.06. The summed E-state index contributed by atoms with van der Waals surface area (Å²) >= 11 is 0. The van der Waals surface area contributed by atoms with Crippen LogP contribution in [0.2, 0.25) is 0 Å². The van der Waals surface area contributed by atoms with E-state index in [9.17, 15) is 18.0 Å². The van der Waals surface area contributed by atoms with Crippen molar-refractivity contribution < 1.29 is 22.7 Å². The third-order valence-electron chi connectivity index (χ3n) is 3.91. The van der Waals surface area contributed by atoms with Gasteiger partial charge in [-0.2, -0.15) is 0 Å². The van der Waals surface area contributed by atoms with Crippen LogP contribution < -0.4 is 0 Å². The van der Waals surface area contributed by atoms with Gasteiger partial charge in [0.2, 0.25) is 5.78 Å². The number of esters is 1. The van der Waals surface area contributed by atoms with Crippen molar-refractivity contribution in [2.75, 3.05) is 12.9 Å². The predicted molar refractivity (Wildman–Crippen MR) is 89.1 cm³/mol. The Balaban J connectivity index is 2.11. The normalized spacial score (nSPS) is 11.3. The largest absolute Gasteiger partial charge is 0.454 e. The van der Waals surface area contributed by atoms with E-state index in [-0.39, 0.29) is 16.2 Å². The average Bonchev–Trinajstić information content (AvgIpc) is 2.79. The fraction of sp³-hybridized carbons (Fsp3) is 0.294. The Morgan fingerprint density at radius 2 is 1.83 bits per heavy atom. The van der Waals surface area contributed by atoms with E-state index in [0.29, 0.717) is 5.56 Å². The van der Waals surface area contributed by atoms with Gasteiger partial charge in [0.25, 0.3) is 0 Å². The van der Waals surface area contributed by atoms with Gasteiger partial charge in [-0.1, -0.05) is 6.07 Å². The van der Waals surface area contributed by atoms with E-state index in [1.807, 2.05) is 25.5 Å². The number of Topliss-reactive ketones (excluding diaryl/α,β-unsaturated/α-hetero) is 1. The Morgan fingerprint density at radius 1 is 1.17 bits per heavy atom. The maximum atomic E-state index is 12.2. The van der Waals surface area contributed by atoms with E-state index < -0.39 is 22.4 Å². The monoisotopic (exact) mass is 349 g/mol. The quantitative estimate of drug-likeness (QED) is 0.610. The van der Waals surface area contributed by atoms with Crippen LogP contribution in [0.25, 0.3) is 0 Å². The van der Waals surface area contributed by atoms with Crippen molar-refractivity contribution in [3.63, 3.8) is 0 Å². The summed E-state index contributed by atoms with van der Waals surface area (Å²) in [7, 11) is -1.57. The Kier molecular flexibility index (Phi) is 4.94. The molecule has 0 saturated carbocycles. The number of aromatic nitrogens is 1. The number of aryl methyl sites for hydroxylation is 1. The molecule has 2 rings (SSSR count). The van der Waals surface area contributed by atoms with Crippen molar-refractivity contribution in [1.29, 1.82) is 0 Å². The molecule has 0 N–H and O–H groups in total. The zero-order chi connectivity index (χ0) is 18.1. The molecule has 0 radical (unpaired) electrons. The van der Waals surface area contributed by atoms with Crippen molar-refractivity contribution in [3.05, 3.63) is 52.8 Å². The van der Waals surface area contributed by atoms with Gasteiger partial charge in [-0.3, -0.25) is 4.79 Å². The molecule has 0 aliphatic heterocycles. The molecule has 24 heavy (non-hydrogen) atoms. The van der Waals surface area contributed by atoms with Crippen LogP contribution in [-0.4, -0.2) is 37.6 Å². The van der Waals surface area contributed by atoms with Crippen LogP contribution in [0.5, 0.6) is 0 Å². The van der Waals surface area contributed by atoms with Crippen LogP contribution in [0.4, 0.5) is 0 Å². The van der Waals surface area contributed by atoms with E-state index in [2.05, 4.69) is 0 Å². The second-order valence-corrected chi connectivity index (χ2v) is 7.66. The van der Waals surface area contributed by atoms with E-state index in [1.165, 1.54) is 24.3 Å². The van der Waals surface area contributed by atoms with E-state index >= 15 is 0 Å². The standard InChI is InChI=1S/C17H19NO5S/c1-11-8-15(12(2)18(11)3)16(19)10-23-17(20)13-6-5-7-14(9-13)24(4,21)22/h5-9H,10H2,1-4H3. The molecular formula is C17H19NO5S. The molecule has 0 aliphatic rings. The lowest BCUT2D eigenvalue weighted by Crippen LogP contribution is -2.15. The van der Waals surface area contributed by atoms with Gasteiger partial charge in [-0.25, -0.2) is 13.2 Å². The number of ether oxygens (including phenoxy) is 1. The Hall–Kier alpha value is -2.41. The number of hydrogen-bond acceptors (Lipinski definition) is 5. The first-order valence-electron chi connectivity index (χ1n) is 7.24. The van der Waals surface area contributed by atoms with Crippen LogP contribution in [0, 0.1) is 13.8 Å². The van der Waals surface area contributed by atoms with Crippen molar-refractivity contribution in [2.45, 2.75) is 18.7 Å². The van der Waals surface area contributed by atoms with Crippen molar-refractivity contribution in [1.82, 2.24) is 4.57 Å². The first-order chi connectivity index (χ1) is 11.1. The summed E-state index contributed by atoms with van der Waals surface area (Å²) in [6, 6.07) is 7.28. The molecule has 2 aromatic rings. The number of hydrogen-bond donors (Lipinski definition) is 0. The summed E-state index contributed by atoms with van der Waals surface area (Å²) in [6.07, 6.45) is 1.06. The summed E-state index contributed by atoms with van der Waals surface area (Å²) in [5, 5.41) is 0. The summed E-state index contributed by atoms with van der Waals surface area (Å²) < 4.78 is 29.9. The maximum Gasteiger partial charge on any atom is 0.338 e. The molecule has 128 valence electrons. The zero-order valence-corrected chi connectivity index (χ0v) is 14.8. The van der Waals surface area contributed by atoms with Gasteiger partial charge in [-0.15, -0.1) is 0 Å². The molecule has 6 nitrogen and oxygen atoms in total. The number of carbonyl (C=O) groups excluding carboxylic acids is 2. The first-order valence-corrected chi connectivity index (χ1v) is 9.13. The van der Waals surface area contributed by atoms with Crippen LogP contribution in [0.1, 0.15) is 32.1 Å². The number of benzene rings is 1. The fourth-order valence-electron chi connectivity index (χ4n) is 2.28. The van der Waals surface area contributed by atoms with Crippen LogP contribution >= 0.6 is 0 Å². The lowest BCUT2D eigenvalue weighted by molar-refractivity contribution is 0.0474. The minimum atomic E-state index is -3.42. The summed E-state index contributed by atoms with van der Waals surface area (Å²) in [4.78, 5) is 24.3. The van der Waals surface area contributed by atoms with E-state index in [4.69, 9.17) is 4.74 Å². The van der Waals surface area contributed by atoms with Gasteiger partial charge in [0.15, 0.2) is 16.4 Å². The molecular weight excluding hydrogens is 330 g/mol. The molecule has 0 fully saturated rings. The fourth-order valence-corrected chi connectivity index (χ4v) is 2.95. The smallest absolute Gasteiger partial charge is 0.338 e. The van der Waals surface area contributed by atoms with Gasteiger partial charge in [0.05, 0.1) is 10.5 Å². The third kappa shape index (κ3) is 3.73. The molecule has 0 atom stereocenters. The molecule has 1 heterocycles. The van der Waals surface area contributed by atoms with Crippen molar-refractivity contribution in [2.24, 2.45) is 7.05 Å². The van der Waals surface area contributed by atoms with Crippen LogP contribution in [0.3, 0.4) is 0 Å². The number of ketones is 1. The summed E-state index contributed by atoms with van der Waals surface area (Å²) in [5.74, 6) is -1.04. The molecule has 0 aliphatic carbocycles. The highest BCUT2D eigenvalue weighted by atomic mass is 32.2. The predicted octanol–water partition coefficient (Wildman–Crippen LogP) is 2.09. The van der Waals surface area contributed by atoms with Gasteiger partial charge in [0.1, 0.15) is 0 Å². The molecule has 0 spiro atoms.